The maximum Gasteiger partial charge on any atom is 0.244 e. The fraction of sp³-hybridized carbons (Fsp3) is 0.846. The van der Waals surface area contributed by atoms with Gasteiger partial charge in [0.1, 0.15) is 6.04 Å². The summed E-state index contributed by atoms with van der Waals surface area (Å²) in [6, 6.07) is -0.202. The first-order valence-electron chi connectivity index (χ1n) is 6.68. The maximum absolute atomic E-state index is 11.8. The number of nitrogens with zero attached hydrogens (tertiary/aromatic N) is 2. The molecule has 1 amide bonds. The van der Waals surface area contributed by atoms with E-state index in [-0.39, 0.29) is 11.9 Å². The molecule has 1 aliphatic rings. The van der Waals surface area contributed by atoms with Crippen molar-refractivity contribution in [1.82, 2.24) is 10.2 Å². The molecule has 4 nitrogen and oxygen atoms in total. The molecule has 0 aromatic heterocycles. The summed E-state index contributed by atoms with van der Waals surface area (Å²) < 4.78 is 0. The normalized spacial score (nSPS) is 20.8. The van der Waals surface area contributed by atoms with Crippen LogP contribution in [0, 0.1) is 5.92 Å². The molecule has 0 spiro atoms. The highest BCUT2D eigenvalue weighted by Crippen LogP contribution is 2.30. The standard InChI is InChI=1S/C13H25N3OS/c1-6-10(7-2)11-8-14-13(18-11)15-9(3)12(17)16(4)5/h9-11H,6-8H2,1-5H3,(H,14,15). The zero-order chi connectivity index (χ0) is 13.7. The Balaban J connectivity index is 2.45. The second-order valence-electron chi connectivity index (χ2n) is 4.98. The summed E-state index contributed by atoms with van der Waals surface area (Å²) in [4.78, 5) is 17.9. The number of carbonyl (C=O) groups is 1. The molecule has 0 radical (unpaired) electrons. The predicted octanol–water partition coefficient (Wildman–Crippen LogP) is 1.96. The van der Waals surface area contributed by atoms with Crippen molar-refractivity contribution in [1.29, 1.82) is 0 Å². The molecule has 18 heavy (non-hydrogen) atoms. The summed E-state index contributed by atoms with van der Waals surface area (Å²) in [5, 5.41) is 4.71. The molecule has 1 heterocycles. The molecule has 1 aliphatic heterocycles. The molecule has 0 aliphatic carbocycles. The maximum atomic E-state index is 11.8. The third-order valence-electron chi connectivity index (χ3n) is 3.40. The van der Waals surface area contributed by atoms with Crippen LogP contribution in [0.2, 0.25) is 0 Å². The Hall–Kier alpha value is -0.710. The molecular formula is C13H25N3OS. The first-order valence-corrected chi connectivity index (χ1v) is 7.56. The van der Waals surface area contributed by atoms with Crippen LogP contribution in [0.5, 0.6) is 0 Å². The summed E-state index contributed by atoms with van der Waals surface area (Å²) in [7, 11) is 3.55. The van der Waals surface area contributed by atoms with Gasteiger partial charge in [0.15, 0.2) is 5.17 Å². The molecule has 0 saturated heterocycles. The van der Waals surface area contributed by atoms with Gasteiger partial charge in [0.25, 0.3) is 0 Å². The molecule has 1 N–H and O–H groups in total. The molecule has 0 aromatic carbocycles. The second kappa shape index (κ2) is 7.02. The minimum Gasteiger partial charge on any atom is -0.353 e. The Morgan fingerprint density at radius 3 is 2.61 bits per heavy atom. The highest BCUT2D eigenvalue weighted by atomic mass is 32.2. The van der Waals surface area contributed by atoms with E-state index in [0.717, 1.165) is 17.6 Å². The van der Waals surface area contributed by atoms with Crippen molar-refractivity contribution in [3.8, 4) is 0 Å². The molecule has 0 saturated carbocycles. The van der Waals surface area contributed by atoms with Gasteiger partial charge in [0.05, 0.1) is 6.54 Å². The van der Waals surface area contributed by atoms with Gasteiger partial charge in [0, 0.05) is 19.3 Å². The van der Waals surface area contributed by atoms with Gasteiger partial charge in [-0.25, -0.2) is 0 Å². The van der Waals surface area contributed by atoms with Gasteiger partial charge < -0.3 is 10.2 Å². The van der Waals surface area contributed by atoms with Crippen molar-refractivity contribution in [3.05, 3.63) is 0 Å². The molecular weight excluding hydrogens is 246 g/mol. The number of hydrogen-bond donors (Lipinski definition) is 1. The highest BCUT2D eigenvalue weighted by molar-refractivity contribution is 8.14. The number of amides is 1. The van der Waals surface area contributed by atoms with Crippen LogP contribution >= 0.6 is 11.8 Å². The van der Waals surface area contributed by atoms with Gasteiger partial charge in [-0.1, -0.05) is 38.5 Å². The topological polar surface area (TPSA) is 44.7 Å². The van der Waals surface area contributed by atoms with Crippen molar-refractivity contribution in [2.45, 2.75) is 44.9 Å². The van der Waals surface area contributed by atoms with E-state index in [2.05, 4.69) is 24.2 Å². The third-order valence-corrected chi connectivity index (χ3v) is 4.71. The second-order valence-corrected chi connectivity index (χ2v) is 6.21. The van der Waals surface area contributed by atoms with Crippen molar-refractivity contribution >= 4 is 22.8 Å². The first-order chi connectivity index (χ1) is 8.49. The van der Waals surface area contributed by atoms with Gasteiger partial charge in [-0.3, -0.25) is 9.79 Å². The highest BCUT2D eigenvalue weighted by Gasteiger charge is 2.27. The Labute approximate surface area is 115 Å². The van der Waals surface area contributed by atoms with Crippen molar-refractivity contribution in [2.75, 3.05) is 20.6 Å². The van der Waals surface area contributed by atoms with Crippen molar-refractivity contribution < 1.29 is 4.79 Å². The van der Waals surface area contributed by atoms with E-state index in [4.69, 9.17) is 0 Å². The molecule has 0 aromatic rings. The van der Waals surface area contributed by atoms with E-state index in [9.17, 15) is 4.79 Å². The number of hydrogen-bond acceptors (Lipinski definition) is 4. The Bertz CT molecular complexity index is 313. The number of thioether (sulfide) groups is 1. The van der Waals surface area contributed by atoms with Crippen LogP contribution in [0.25, 0.3) is 0 Å². The van der Waals surface area contributed by atoms with Crippen molar-refractivity contribution in [3.63, 3.8) is 0 Å². The van der Waals surface area contributed by atoms with Gasteiger partial charge in [0.2, 0.25) is 5.91 Å². The number of carbonyl (C=O) groups excluding carboxylic acids is 1. The van der Waals surface area contributed by atoms with Crippen LogP contribution in [0.1, 0.15) is 33.6 Å². The molecule has 0 bridgehead atoms. The van der Waals surface area contributed by atoms with Crippen LogP contribution in [-0.2, 0) is 4.79 Å². The lowest BCUT2D eigenvalue weighted by molar-refractivity contribution is -0.130. The number of amidine groups is 1. The molecule has 2 atom stereocenters. The Morgan fingerprint density at radius 1 is 1.50 bits per heavy atom. The fourth-order valence-corrected chi connectivity index (χ4v) is 3.57. The quantitative estimate of drug-likeness (QED) is 0.831. The molecule has 2 unspecified atom stereocenters. The third kappa shape index (κ3) is 3.90. The van der Waals surface area contributed by atoms with E-state index < -0.39 is 0 Å². The summed E-state index contributed by atoms with van der Waals surface area (Å²) in [6.45, 7) is 7.23. The lowest BCUT2D eigenvalue weighted by Gasteiger charge is -2.21. The number of aliphatic imine (C=N–C) groups is 1. The SMILES string of the molecule is CCC(CC)C1CN=C(NC(C)C(=O)N(C)C)S1. The van der Waals surface area contributed by atoms with Gasteiger partial charge in [-0.2, -0.15) is 0 Å². The van der Waals surface area contributed by atoms with E-state index in [1.54, 1.807) is 30.8 Å². The Kier molecular flexibility index (Phi) is 5.99. The summed E-state index contributed by atoms with van der Waals surface area (Å²) in [6.07, 6.45) is 2.40. The van der Waals surface area contributed by atoms with E-state index in [1.165, 1.54) is 12.8 Å². The average Bonchev–Trinajstić information content (AvgIpc) is 2.78. The molecule has 104 valence electrons. The lowest BCUT2D eigenvalue weighted by atomic mass is 9.99. The van der Waals surface area contributed by atoms with Crippen LogP contribution < -0.4 is 5.32 Å². The first kappa shape index (κ1) is 15.3. The van der Waals surface area contributed by atoms with Gasteiger partial charge >= 0.3 is 0 Å². The summed E-state index contributed by atoms with van der Waals surface area (Å²) in [5.74, 6) is 0.808. The molecule has 5 heteroatoms. The summed E-state index contributed by atoms with van der Waals surface area (Å²) in [5.41, 5.74) is 0. The predicted molar refractivity (Wildman–Crippen MR) is 79.0 cm³/mol. The van der Waals surface area contributed by atoms with Crippen LogP contribution in [0.4, 0.5) is 0 Å². The fourth-order valence-electron chi connectivity index (χ4n) is 2.16. The lowest BCUT2D eigenvalue weighted by Crippen LogP contribution is -2.43. The van der Waals surface area contributed by atoms with Gasteiger partial charge in [-0.15, -0.1) is 0 Å². The molecule has 1 rings (SSSR count). The minimum atomic E-state index is -0.202. The van der Waals surface area contributed by atoms with Crippen LogP contribution in [0.3, 0.4) is 0 Å². The minimum absolute atomic E-state index is 0.0873. The van der Waals surface area contributed by atoms with Crippen LogP contribution in [0.15, 0.2) is 4.99 Å². The van der Waals surface area contributed by atoms with E-state index >= 15 is 0 Å². The van der Waals surface area contributed by atoms with E-state index in [0.29, 0.717) is 5.25 Å². The largest absolute Gasteiger partial charge is 0.353 e. The zero-order valence-electron chi connectivity index (χ0n) is 12.1. The van der Waals surface area contributed by atoms with Crippen molar-refractivity contribution in [2.24, 2.45) is 10.9 Å². The molecule has 0 fully saturated rings. The smallest absolute Gasteiger partial charge is 0.244 e. The number of nitrogens with one attached hydrogen (secondary N) is 1. The monoisotopic (exact) mass is 271 g/mol. The zero-order valence-corrected chi connectivity index (χ0v) is 12.9. The number of rotatable bonds is 5. The van der Waals surface area contributed by atoms with Crippen LogP contribution in [-0.4, -0.2) is 47.9 Å². The Morgan fingerprint density at radius 2 is 2.11 bits per heavy atom. The number of likely N-dealkylation sites (N-methyl/N-ethyl adjacent to an activating group) is 1. The average molecular weight is 271 g/mol. The summed E-state index contributed by atoms with van der Waals surface area (Å²) >= 11 is 1.79. The van der Waals surface area contributed by atoms with E-state index in [1.807, 2.05) is 6.92 Å². The van der Waals surface area contributed by atoms with Gasteiger partial charge in [-0.05, 0) is 12.8 Å².